The molecule has 0 fully saturated rings. The van der Waals surface area contributed by atoms with Crippen molar-refractivity contribution in [2.45, 2.75) is 46.5 Å². The monoisotopic (exact) mass is 383 g/mol. The number of hydrogen-bond donors (Lipinski definition) is 1. The van der Waals surface area contributed by atoms with Gasteiger partial charge in [-0.1, -0.05) is 19.9 Å². The molecule has 1 atom stereocenters. The van der Waals surface area contributed by atoms with E-state index in [1.807, 2.05) is 39.0 Å². The van der Waals surface area contributed by atoms with Gasteiger partial charge in [-0.2, -0.15) is 0 Å². The Labute approximate surface area is 164 Å². The number of Topliss-reactive ketones (excluding diaryl/α,β-unsaturated/α-hetero) is 1. The summed E-state index contributed by atoms with van der Waals surface area (Å²) >= 11 is 0. The van der Waals surface area contributed by atoms with Gasteiger partial charge >= 0.3 is 5.97 Å². The minimum absolute atomic E-state index is 0.0678. The molecule has 0 radical (unpaired) electrons. The van der Waals surface area contributed by atoms with Crippen LogP contribution in [0.2, 0.25) is 0 Å². The molecule has 148 valence electrons. The van der Waals surface area contributed by atoms with Gasteiger partial charge < -0.3 is 19.5 Å². The van der Waals surface area contributed by atoms with E-state index in [0.717, 1.165) is 29.8 Å². The number of allylic oxidation sites excluding steroid dienone is 3. The summed E-state index contributed by atoms with van der Waals surface area (Å²) < 4.78 is 16.3. The van der Waals surface area contributed by atoms with Gasteiger partial charge in [0.15, 0.2) is 17.3 Å². The Morgan fingerprint density at radius 3 is 2.79 bits per heavy atom. The number of hydrogen-bond acceptors (Lipinski definition) is 6. The zero-order valence-corrected chi connectivity index (χ0v) is 16.7. The average molecular weight is 383 g/mol. The Hall–Kier alpha value is -2.76. The third-order valence-corrected chi connectivity index (χ3v) is 5.73. The Bertz CT molecular complexity index is 925. The van der Waals surface area contributed by atoms with Crippen LogP contribution in [-0.4, -0.2) is 25.2 Å². The summed E-state index contributed by atoms with van der Waals surface area (Å²) in [5, 5.41) is 3.31. The summed E-state index contributed by atoms with van der Waals surface area (Å²) in [6.45, 7) is 8.01. The van der Waals surface area contributed by atoms with E-state index in [-0.39, 0.29) is 19.2 Å². The molecule has 1 aromatic rings. The van der Waals surface area contributed by atoms with Crippen LogP contribution in [0.25, 0.3) is 0 Å². The summed E-state index contributed by atoms with van der Waals surface area (Å²) in [5.41, 5.74) is 3.12. The zero-order valence-electron chi connectivity index (χ0n) is 16.7. The lowest BCUT2D eigenvalue weighted by Gasteiger charge is -2.39. The molecular weight excluding hydrogens is 358 g/mol. The maximum atomic E-state index is 13.4. The van der Waals surface area contributed by atoms with E-state index in [2.05, 4.69) is 5.32 Å². The number of rotatable bonds is 3. The zero-order chi connectivity index (χ0) is 20.1. The standard InChI is InChI=1S/C22H25NO5/c1-5-26-21(25)17-12(2)23-14-8-9-22(3,4)20(24)19(14)18(17)13-6-7-15-16(10-13)28-11-27-15/h6-7,10,18,23H,5,8-9,11H2,1-4H3. The van der Waals surface area contributed by atoms with E-state index < -0.39 is 17.3 Å². The SMILES string of the molecule is CCOC(=O)C1=C(C)NC2=C(C(=O)C(C)(C)CC2)C1c1ccc2c(c1)OCO2. The summed E-state index contributed by atoms with van der Waals surface area (Å²) in [7, 11) is 0. The lowest BCUT2D eigenvalue weighted by atomic mass is 9.67. The molecule has 0 saturated carbocycles. The maximum Gasteiger partial charge on any atom is 0.336 e. The van der Waals surface area contributed by atoms with Gasteiger partial charge in [0, 0.05) is 28.3 Å². The number of esters is 1. The fraction of sp³-hybridized carbons (Fsp3) is 0.455. The number of benzene rings is 1. The second-order valence-electron chi connectivity index (χ2n) is 8.04. The van der Waals surface area contributed by atoms with E-state index in [1.54, 1.807) is 6.92 Å². The fourth-order valence-corrected chi connectivity index (χ4v) is 4.18. The molecule has 0 aromatic heterocycles. The molecule has 0 amide bonds. The van der Waals surface area contributed by atoms with Gasteiger partial charge in [0.25, 0.3) is 0 Å². The average Bonchev–Trinajstić information content (AvgIpc) is 3.12. The molecule has 0 spiro atoms. The Kier molecular flexibility index (Phi) is 4.44. The first-order valence-electron chi connectivity index (χ1n) is 9.65. The van der Waals surface area contributed by atoms with Crippen molar-refractivity contribution in [2.75, 3.05) is 13.4 Å². The van der Waals surface area contributed by atoms with E-state index in [1.165, 1.54) is 0 Å². The summed E-state index contributed by atoms with van der Waals surface area (Å²) in [6, 6.07) is 5.59. The molecule has 1 aromatic carbocycles. The topological polar surface area (TPSA) is 73.9 Å². The first kappa shape index (κ1) is 18.6. The highest BCUT2D eigenvalue weighted by atomic mass is 16.7. The summed E-state index contributed by atoms with van der Waals surface area (Å²) in [4.78, 5) is 26.3. The highest BCUT2D eigenvalue weighted by molar-refractivity contribution is 6.06. The molecule has 0 bridgehead atoms. The van der Waals surface area contributed by atoms with Crippen molar-refractivity contribution in [2.24, 2.45) is 5.41 Å². The van der Waals surface area contributed by atoms with Crippen molar-refractivity contribution in [3.05, 3.63) is 46.3 Å². The molecule has 28 heavy (non-hydrogen) atoms. The lowest BCUT2D eigenvalue weighted by Crippen LogP contribution is -2.40. The van der Waals surface area contributed by atoms with Crippen molar-refractivity contribution in [1.29, 1.82) is 0 Å². The van der Waals surface area contributed by atoms with Gasteiger partial charge in [0.05, 0.1) is 12.2 Å². The van der Waals surface area contributed by atoms with Crippen LogP contribution < -0.4 is 14.8 Å². The van der Waals surface area contributed by atoms with Crippen LogP contribution in [0, 0.1) is 5.41 Å². The molecular formula is C22H25NO5. The number of fused-ring (bicyclic) bond motifs is 1. The van der Waals surface area contributed by atoms with Gasteiger partial charge in [-0.05, 0) is 44.4 Å². The van der Waals surface area contributed by atoms with Crippen molar-refractivity contribution in [3.8, 4) is 11.5 Å². The van der Waals surface area contributed by atoms with Crippen molar-refractivity contribution < 1.29 is 23.8 Å². The molecule has 1 unspecified atom stereocenters. The number of carbonyl (C=O) groups is 2. The summed E-state index contributed by atoms with van der Waals surface area (Å²) in [6.07, 6.45) is 1.54. The lowest BCUT2D eigenvalue weighted by molar-refractivity contribution is -0.138. The van der Waals surface area contributed by atoms with Crippen LogP contribution in [0.5, 0.6) is 11.5 Å². The van der Waals surface area contributed by atoms with Crippen molar-refractivity contribution in [1.82, 2.24) is 5.32 Å². The van der Waals surface area contributed by atoms with Crippen LogP contribution in [0.3, 0.4) is 0 Å². The molecule has 3 aliphatic rings. The normalized spacial score (nSPS) is 22.7. The molecule has 6 nitrogen and oxygen atoms in total. The van der Waals surface area contributed by atoms with Crippen LogP contribution in [0.15, 0.2) is 40.7 Å². The Balaban J connectivity index is 1.88. The van der Waals surface area contributed by atoms with Crippen LogP contribution in [0.4, 0.5) is 0 Å². The highest BCUT2D eigenvalue weighted by Crippen LogP contribution is 2.48. The molecule has 4 rings (SSSR count). The smallest absolute Gasteiger partial charge is 0.336 e. The van der Waals surface area contributed by atoms with E-state index in [0.29, 0.717) is 22.6 Å². The van der Waals surface area contributed by atoms with Gasteiger partial charge in [-0.15, -0.1) is 0 Å². The summed E-state index contributed by atoms with van der Waals surface area (Å²) in [5.74, 6) is 0.468. The number of carbonyl (C=O) groups excluding carboxylic acids is 2. The minimum atomic E-state index is -0.489. The number of ether oxygens (including phenoxy) is 3. The van der Waals surface area contributed by atoms with Crippen LogP contribution >= 0.6 is 0 Å². The van der Waals surface area contributed by atoms with Gasteiger partial charge in [-0.25, -0.2) is 4.79 Å². The highest BCUT2D eigenvalue weighted by Gasteiger charge is 2.45. The van der Waals surface area contributed by atoms with Gasteiger partial charge in [0.1, 0.15) is 0 Å². The Morgan fingerprint density at radius 2 is 2.04 bits per heavy atom. The Morgan fingerprint density at radius 1 is 1.29 bits per heavy atom. The van der Waals surface area contributed by atoms with Gasteiger partial charge in [0.2, 0.25) is 6.79 Å². The first-order chi connectivity index (χ1) is 13.3. The molecule has 6 heteroatoms. The van der Waals surface area contributed by atoms with E-state index >= 15 is 0 Å². The van der Waals surface area contributed by atoms with Crippen LogP contribution in [-0.2, 0) is 14.3 Å². The van der Waals surface area contributed by atoms with E-state index in [4.69, 9.17) is 14.2 Å². The first-order valence-corrected chi connectivity index (χ1v) is 9.65. The third-order valence-electron chi connectivity index (χ3n) is 5.73. The largest absolute Gasteiger partial charge is 0.463 e. The molecule has 0 saturated heterocycles. The molecule has 2 heterocycles. The second kappa shape index (κ2) is 6.69. The van der Waals surface area contributed by atoms with Crippen molar-refractivity contribution in [3.63, 3.8) is 0 Å². The predicted molar refractivity (Wildman–Crippen MR) is 103 cm³/mol. The molecule has 1 N–H and O–H groups in total. The number of dihydropyridines is 1. The fourth-order valence-electron chi connectivity index (χ4n) is 4.18. The van der Waals surface area contributed by atoms with Gasteiger partial charge in [-0.3, -0.25) is 4.79 Å². The predicted octanol–water partition coefficient (Wildman–Crippen LogP) is 3.58. The quantitative estimate of drug-likeness (QED) is 0.804. The van der Waals surface area contributed by atoms with Crippen LogP contribution in [0.1, 0.15) is 52.0 Å². The third kappa shape index (κ3) is 2.87. The molecule has 1 aliphatic carbocycles. The minimum Gasteiger partial charge on any atom is -0.463 e. The second-order valence-corrected chi connectivity index (χ2v) is 8.04. The number of nitrogens with one attached hydrogen (secondary N) is 1. The van der Waals surface area contributed by atoms with E-state index in [9.17, 15) is 9.59 Å². The van der Waals surface area contributed by atoms with Crippen molar-refractivity contribution >= 4 is 11.8 Å². The number of ketones is 1. The molecule has 2 aliphatic heterocycles. The maximum absolute atomic E-state index is 13.4.